The number of carbonyl (C=O) groups excluding carboxylic acids is 3. The molecular formula is C41H60N4O6. The Morgan fingerprint density at radius 2 is 1.63 bits per heavy atom. The molecule has 1 aromatic rings. The third kappa shape index (κ3) is 5.91. The third-order valence-corrected chi connectivity index (χ3v) is 15.2. The SMILES string of the molecule is CC(C)C1=C2C3CCC4[C@@]5(C)CC[C@H](OC(=O)CC(C)(C)C(=O)O)C(C)(C)C5CC[C@@]4(C)[C@]3(C)CC[C@@]2(NC(=O)NCc2cncnc2)CC1=O. The molecule has 4 fully saturated rings. The number of amides is 2. The maximum atomic E-state index is 13.9. The van der Waals surface area contributed by atoms with Crippen LogP contribution in [0.15, 0.2) is 29.9 Å². The zero-order chi connectivity index (χ0) is 37.4. The summed E-state index contributed by atoms with van der Waals surface area (Å²) >= 11 is 0. The minimum Gasteiger partial charge on any atom is -0.481 e. The van der Waals surface area contributed by atoms with Crippen molar-refractivity contribution in [3.05, 3.63) is 35.4 Å². The van der Waals surface area contributed by atoms with Crippen molar-refractivity contribution in [3.63, 3.8) is 0 Å². The van der Waals surface area contributed by atoms with Crippen LogP contribution in [-0.4, -0.2) is 50.5 Å². The van der Waals surface area contributed by atoms with Crippen LogP contribution in [0.1, 0.15) is 132 Å². The van der Waals surface area contributed by atoms with E-state index < -0.39 is 22.9 Å². The van der Waals surface area contributed by atoms with E-state index in [2.05, 4.69) is 69.1 Å². The van der Waals surface area contributed by atoms with Crippen LogP contribution in [0.2, 0.25) is 0 Å². The van der Waals surface area contributed by atoms with E-state index in [1.54, 1.807) is 26.2 Å². The summed E-state index contributed by atoms with van der Waals surface area (Å²) in [6.07, 6.45) is 12.3. The largest absolute Gasteiger partial charge is 0.481 e. The number of hydrogen-bond acceptors (Lipinski definition) is 7. The first-order chi connectivity index (χ1) is 23.7. The van der Waals surface area contributed by atoms with Crippen molar-refractivity contribution in [2.75, 3.05) is 0 Å². The van der Waals surface area contributed by atoms with Crippen molar-refractivity contribution in [1.29, 1.82) is 0 Å². The van der Waals surface area contributed by atoms with E-state index in [-0.39, 0.29) is 57.8 Å². The molecule has 0 aliphatic heterocycles. The Hall–Kier alpha value is -3.30. The molecule has 1 heterocycles. The van der Waals surface area contributed by atoms with Crippen LogP contribution in [0.25, 0.3) is 0 Å². The minimum atomic E-state index is -1.17. The standard InChI is InChI=1S/C41H60N4O6/c1-24(2)32-27(46)18-41(45-35(50)44-22-25-20-42-23-43-21-25)17-16-39(8)26(33(32)41)10-11-29-38(7)14-13-30(51-31(47)19-36(3,4)34(48)49)37(5,6)28(38)12-15-40(29,39)9/h20-21,23-24,26,28-30H,10-19,22H2,1-9H3,(H,48,49)(H2,44,45,50)/t26?,28?,29?,30-,38-,39+,40+,41+/m0/s1. The van der Waals surface area contributed by atoms with Crippen molar-refractivity contribution in [1.82, 2.24) is 20.6 Å². The molecule has 10 heteroatoms. The number of allylic oxidation sites excluding steroid dienone is 1. The lowest BCUT2D eigenvalue weighted by Crippen LogP contribution is -2.67. The van der Waals surface area contributed by atoms with Crippen molar-refractivity contribution in [2.45, 2.75) is 145 Å². The Kier molecular flexibility index (Phi) is 9.31. The monoisotopic (exact) mass is 704 g/mol. The lowest BCUT2D eigenvalue weighted by Gasteiger charge is -2.72. The maximum absolute atomic E-state index is 13.9. The highest BCUT2D eigenvalue weighted by Gasteiger charge is 2.70. The Balaban J connectivity index is 1.26. The number of carboxylic acids is 1. The van der Waals surface area contributed by atoms with Crippen LogP contribution >= 0.6 is 0 Å². The van der Waals surface area contributed by atoms with Gasteiger partial charge in [-0.2, -0.15) is 0 Å². The van der Waals surface area contributed by atoms with Crippen LogP contribution < -0.4 is 10.6 Å². The first-order valence-corrected chi connectivity index (χ1v) is 19.2. The Bertz CT molecular complexity index is 1620. The number of carboxylic acid groups (broad SMARTS) is 1. The molecule has 0 spiro atoms. The zero-order valence-corrected chi connectivity index (χ0v) is 32.3. The van der Waals surface area contributed by atoms with Gasteiger partial charge in [0.05, 0.1) is 17.4 Å². The van der Waals surface area contributed by atoms with Gasteiger partial charge in [-0.05, 0) is 116 Å². The average molecular weight is 705 g/mol. The van der Waals surface area contributed by atoms with Crippen LogP contribution in [0, 0.1) is 50.7 Å². The van der Waals surface area contributed by atoms with E-state index in [0.29, 0.717) is 24.8 Å². The predicted octanol–water partition coefficient (Wildman–Crippen LogP) is 7.42. The van der Waals surface area contributed by atoms with Gasteiger partial charge in [-0.15, -0.1) is 0 Å². The fraction of sp³-hybridized carbons (Fsp3) is 0.756. The quantitative estimate of drug-likeness (QED) is 0.237. The number of ether oxygens (including phenoxy) is 1. The average Bonchev–Trinajstić information content (AvgIpc) is 3.33. The summed E-state index contributed by atoms with van der Waals surface area (Å²) < 4.78 is 6.14. The van der Waals surface area contributed by atoms with E-state index in [0.717, 1.165) is 62.5 Å². The lowest BCUT2D eigenvalue weighted by molar-refractivity contribution is -0.232. The number of nitrogens with one attached hydrogen (secondary N) is 2. The first-order valence-electron chi connectivity index (χ1n) is 19.2. The second-order valence-corrected chi connectivity index (χ2v) is 19.0. The Morgan fingerprint density at radius 1 is 0.941 bits per heavy atom. The van der Waals surface area contributed by atoms with Gasteiger partial charge in [-0.3, -0.25) is 14.4 Å². The van der Waals surface area contributed by atoms with Gasteiger partial charge >= 0.3 is 18.0 Å². The highest BCUT2D eigenvalue weighted by atomic mass is 16.5. The molecule has 0 radical (unpaired) electrons. The zero-order valence-electron chi connectivity index (χ0n) is 32.3. The number of hydrogen-bond donors (Lipinski definition) is 3. The van der Waals surface area contributed by atoms with Crippen molar-refractivity contribution in [3.8, 4) is 0 Å². The van der Waals surface area contributed by atoms with Crippen LogP contribution in [0.3, 0.4) is 0 Å². The summed E-state index contributed by atoms with van der Waals surface area (Å²) in [5, 5.41) is 16.0. The molecule has 3 N–H and O–H groups in total. The molecule has 0 aromatic carbocycles. The number of aromatic nitrogens is 2. The van der Waals surface area contributed by atoms with Crippen LogP contribution in [0.4, 0.5) is 4.79 Å². The van der Waals surface area contributed by atoms with Crippen molar-refractivity contribution >= 4 is 23.8 Å². The minimum absolute atomic E-state index is 0.0225. The fourth-order valence-electron chi connectivity index (χ4n) is 12.4. The molecule has 3 unspecified atom stereocenters. The summed E-state index contributed by atoms with van der Waals surface area (Å²) in [6, 6.07) is -0.267. The number of nitrogens with zero attached hydrogens (tertiary/aromatic N) is 2. The van der Waals surface area contributed by atoms with E-state index >= 15 is 0 Å². The second kappa shape index (κ2) is 12.7. The topological polar surface area (TPSA) is 148 Å². The van der Waals surface area contributed by atoms with Gasteiger partial charge < -0.3 is 20.5 Å². The van der Waals surface area contributed by atoms with Crippen LogP contribution in [-0.2, 0) is 25.7 Å². The maximum Gasteiger partial charge on any atom is 0.315 e. The van der Waals surface area contributed by atoms with Gasteiger partial charge in [0.2, 0.25) is 0 Å². The smallest absolute Gasteiger partial charge is 0.315 e. The van der Waals surface area contributed by atoms with Gasteiger partial charge in [0.15, 0.2) is 5.78 Å². The van der Waals surface area contributed by atoms with Crippen molar-refractivity contribution < 1.29 is 29.0 Å². The third-order valence-electron chi connectivity index (χ3n) is 15.2. The molecule has 6 rings (SSSR count). The number of Topliss-reactive ketones (excluding diaryl/α,β-unsaturated/α-hetero) is 1. The Morgan fingerprint density at radius 3 is 2.27 bits per heavy atom. The van der Waals surface area contributed by atoms with Gasteiger partial charge in [0.1, 0.15) is 12.4 Å². The van der Waals surface area contributed by atoms with Gasteiger partial charge in [-0.25, -0.2) is 14.8 Å². The summed E-state index contributed by atoms with van der Waals surface area (Å²) in [5.41, 5.74) is 0.845. The summed E-state index contributed by atoms with van der Waals surface area (Å²) in [4.78, 5) is 60.3. The van der Waals surface area contributed by atoms with Gasteiger partial charge in [-0.1, -0.05) is 48.5 Å². The number of aliphatic carboxylic acids is 1. The fourth-order valence-corrected chi connectivity index (χ4v) is 12.4. The Labute approximate surface area is 303 Å². The molecular weight excluding hydrogens is 644 g/mol. The first kappa shape index (κ1) is 37.5. The number of rotatable bonds is 8. The van der Waals surface area contributed by atoms with E-state index in [9.17, 15) is 24.3 Å². The highest BCUT2D eigenvalue weighted by Crippen LogP contribution is 2.76. The molecule has 0 bridgehead atoms. The second-order valence-electron chi connectivity index (χ2n) is 19.0. The number of urea groups is 1. The lowest BCUT2D eigenvalue weighted by atomic mass is 9.33. The molecule has 0 saturated heterocycles. The molecule has 4 saturated carbocycles. The molecule has 10 nitrogen and oxygen atoms in total. The highest BCUT2D eigenvalue weighted by molar-refractivity contribution is 6.02. The van der Waals surface area contributed by atoms with Crippen molar-refractivity contribution in [2.24, 2.45) is 50.7 Å². The molecule has 5 aliphatic rings. The number of carbonyl (C=O) groups is 4. The number of fused-ring (bicyclic) bond motifs is 7. The number of ketones is 1. The van der Waals surface area contributed by atoms with E-state index in [1.165, 1.54) is 11.9 Å². The normalized spacial score (nSPS) is 37.1. The molecule has 2 amide bonds. The molecule has 1 aromatic heterocycles. The molecule has 8 atom stereocenters. The van der Waals surface area contributed by atoms with E-state index in [4.69, 9.17) is 4.74 Å². The summed E-state index contributed by atoms with van der Waals surface area (Å²) in [7, 11) is 0. The predicted molar refractivity (Wildman–Crippen MR) is 193 cm³/mol. The van der Waals surface area contributed by atoms with Crippen LogP contribution in [0.5, 0.6) is 0 Å². The van der Waals surface area contributed by atoms with Gasteiger partial charge in [0, 0.05) is 36.3 Å². The van der Waals surface area contributed by atoms with Gasteiger partial charge in [0.25, 0.3) is 0 Å². The number of esters is 1. The van der Waals surface area contributed by atoms with E-state index in [1.807, 2.05) is 0 Å². The summed E-state index contributed by atoms with van der Waals surface area (Å²) in [6.45, 7) is 19.7. The summed E-state index contributed by atoms with van der Waals surface area (Å²) in [5.74, 6) is -0.177. The molecule has 51 heavy (non-hydrogen) atoms. The molecule has 5 aliphatic carbocycles. The molecule has 280 valence electrons.